The van der Waals surface area contributed by atoms with Crippen LogP contribution >= 0.6 is 0 Å². The smallest absolute Gasteiger partial charge is 0.115 e. The van der Waals surface area contributed by atoms with Crippen LogP contribution in [0, 0.1) is 0 Å². The van der Waals surface area contributed by atoms with Gasteiger partial charge in [-0.15, -0.1) is 6.58 Å². The summed E-state index contributed by atoms with van der Waals surface area (Å²) in [7, 11) is 0. The Morgan fingerprint density at radius 3 is 2.58 bits per heavy atom. The van der Waals surface area contributed by atoms with Crippen LogP contribution in [0.15, 0.2) is 36.9 Å². The van der Waals surface area contributed by atoms with E-state index in [1.54, 1.807) is 18.2 Å². The Morgan fingerprint density at radius 2 is 2.00 bits per heavy atom. The van der Waals surface area contributed by atoms with Crippen molar-refractivity contribution in [1.82, 2.24) is 0 Å². The monoisotopic (exact) mass is 164 g/mol. The number of hydrogen-bond acceptors (Lipinski definition) is 2. The van der Waals surface area contributed by atoms with Crippen molar-refractivity contribution in [2.24, 2.45) is 0 Å². The molecule has 2 heteroatoms. The first-order valence-corrected chi connectivity index (χ1v) is 3.79. The molecule has 0 spiro atoms. The molecule has 0 atom stereocenters. The summed E-state index contributed by atoms with van der Waals surface area (Å²) in [5, 5.41) is 8.97. The highest BCUT2D eigenvalue weighted by molar-refractivity contribution is 5.25. The van der Waals surface area contributed by atoms with E-state index in [9.17, 15) is 0 Å². The van der Waals surface area contributed by atoms with Crippen molar-refractivity contribution >= 4 is 0 Å². The standard InChI is InChI=1S/C10H12O2/c1-2-7-12-8-9-3-5-10(11)6-4-9/h2-6,11H,1,7-8H2. The van der Waals surface area contributed by atoms with Crippen LogP contribution in [0.5, 0.6) is 5.75 Å². The zero-order valence-corrected chi connectivity index (χ0v) is 6.86. The van der Waals surface area contributed by atoms with E-state index in [0.29, 0.717) is 13.2 Å². The molecule has 0 saturated heterocycles. The van der Waals surface area contributed by atoms with Gasteiger partial charge in [0.05, 0.1) is 13.2 Å². The second-order valence-electron chi connectivity index (χ2n) is 2.47. The van der Waals surface area contributed by atoms with E-state index in [4.69, 9.17) is 9.84 Å². The number of hydrogen-bond donors (Lipinski definition) is 1. The largest absolute Gasteiger partial charge is 0.508 e. The molecule has 0 aliphatic carbocycles. The Kier molecular flexibility index (Phi) is 3.35. The van der Waals surface area contributed by atoms with Crippen LogP contribution in [0.2, 0.25) is 0 Å². The molecule has 0 fully saturated rings. The summed E-state index contributed by atoms with van der Waals surface area (Å²) in [6.07, 6.45) is 1.71. The quantitative estimate of drug-likeness (QED) is 0.545. The van der Waals surface area contributed by atoms with Crippen LogP contribution in [-0.4, -0.2) is 11.7 Å². The second kappa shape index (κ2) is 4.57. The third kappa shape index (κ3) is 2.76. The zero-order valence-electron chi connectivity index (χ0n) is 6.86. The molecule has 0 saturated carbocycles. The molecule has 1 aromatic carbocycles. The molecule has 0 bridgehead atoms. The normalized spacial score (nSPS) is 9.67. The third-order valence-electron chi connectivity index (χ3n) is 1.44. The molecular weight excluding hydrogens is 152 g/mol. The highest BCUT2D eigenvalue weighted by Gasteiger charge is 1.91. The Hall–Kier alpha value is -1.28. The highest BCUT2D eigenvalue weighted by Crippen LogP contribution is 2.09. The maximum Gasteiger partial charge on any atom is 0.115 e. The van der Waals surface area contributed by atoms with E-state index in [2.05, 4.69) is 6.58 Å². The summed E-state index contributed by atoms with van der Waals surface area (Å²) >= 11 is 0. The Labute approximate surface area is 72.1 Å². The third-order valence-corrected chi connectivity index (χ3v) is 1.44. The van der Waals surface area contributed by atoms with Gasteiger partial charge in [0, 0.05) is 0 Å². The van der Waals surface area contributed by atoms with Crippen molar-refractivity contribution in [2.75, 3.05) is 6.61 Å². The van der Waals surface area contributed by atoms with Crippen molar-refractivity contribution < 1.29 is 9.84 Å². The molecule has 0 aliphatic rings. The molecule has 2 nitrogen and oxygen atoms in total. The summed E-state index contributed by atoms with van der Waals surface area (Å²) in [6.45, 7) is 4.66. The van der Waals surface area contributed by atoms with E-state index in [1.165, 1.54) is 0 Å². The zero-order chi connectivity index (χ0) is 8.81. The summed E-state index contributed by atoms with van der Waals surface area (Å²) in [6, 6.07) is 6.95. The van der Waals surface area contributed by atoms with Gasteiger partial charge in [-0.1, -0.05) is 18.2 Å². The first kappa shape index (κ1) is 8.81. The molecule has 0 amide bonds. The summed E-state index contributed by atoms with van der Waals surface area (Å²) in [4.78, 5) is 0. The van der Waals surface area contributed by atoms with Crippen LogP contribution in [0.1, 0.15) is 5.56 Å². The minimum absolute atomic E-state index is 0.280. The molecule has 0 aliphatic heterocycles. The van der Waals surface area contributed by atoms with Gasteiger partial charge < -0.3 is 9.84 Å². The van der Waals surface area contributed by atoms with Gasteiger partial charge in [-0.3, -0.25) is 0 Å². The average molecular weight is 164 g/mol. The van der Waals surface area contributed by atoms with Gasteiger partial charge in [0.2, 0.25) is 0 Å². The lowest BCUT2D eigenvalue weighted by atomic mass is 10.2. The summed E-state index contributed by atoms with van der Waals surface area (Å²) in [5.41, 5.74) is 1.05. The van der Waals surface area contributed by atoms with Crippen LogP contribution < -0.4 is 0 Å². The Bertz CT molecular complexity index is 239. The number of rotatable bonds is 4. The van der Waals surface area contributed by atoms with E-state index >= 15 is 0 Å². The number of aromatic hydroxyl groups is 1. The molecule has 1 aromatic rings. The van der Waals surface area contributed by atoms with Gasteiger partial charge in [-0.05, 0) is 17.7 Å². The van der Waals surface area contributed by atoms with E-state index < -0.39 is 0 Å². The van der Waals surface area contributed by atoms with E-state index in [1.807, 2.05) is 12.1 Å². The SMILES string of the molecule is C=CCOCc1ccc(O)cc1. The molecule has 1 rings (SSSR count). The molecule has 12 heavy (non-hydrogen) atoms. The molecule has 0 radical (unpaired) electrons. The predicted octanol–water partition coefficient (Wildman–Crippen LogP) is 2.09. The summed E-state index contributed by atoms with van der Waals surface area (Å²) < 4.78 is 5.21. The fourth-order valence-electron chi connectivity index (χ4n) is 0.852. The van der Waals surface area contributed by atoms with Crippen LogP contribution in [0.4, 0.5) is 0 Å². The van der Waals surface area contributed by atoms with Crippen LogP contribution in [-0.2, 0) is 11.3 Å². The predicted molar refractivity (Wildman–Crippen MR) is 48.0 cm³/mol. The lowest BCUT2D eigenvalue weighted by molar-refractivity contribution is 0.149. The van der Waals surface area contributed by atoms with Gasteiger partial charge in [-0.25, -0.2) is 0 Å². The van der Waals surface area contributed by atoms with Gasteiger partial charge >= 0.3 is 0 Å². The number of ether oxygens (including phenoxy) is 1. The van der Waals surface area contributed by atoms with E-state index in [-0.39, 0.29) is 5.75 Å². The number of benzene rings is 1. The lowest BCUT2D eigenvalue weighted by Gasteiger charge is -2.00. The fourth-order valence-corrected chi connectivity index (χ4v) is 0.852. The molecule has 64 valence electrons. The maximum atomic E-state index is 8.97. The number of phenols is 1. The Morgan fingerprint density at radius 1 is 1.33 bits per heavy atom. The molecule has 0 aromatic heterocycles. The maximum absolute atomic E-state index is 8.97. The fraction of sp³-hybridized carbons (Fsp3) is 0.200. The molecular formula is C10H12O2. The van der Waals surface area contributed by atoms with Gasteiger partial charge in [0.25, 0.3) is 0 Å². The highest BCUT2D eigenvalue weighted by atomic mass is 16.5. The van der Waals surface area contributed by atoms with Crippen molar-refractivity contribution in [3.05, 3.63) is 42.5 Å². The molecule has 0 unspecified atom stereocenters. The van der Waals surface area contributed by atoms with Gasteiger partial charge in [-0.2, -0.15) is 0 Å². The first-order chi connectivity index (χ1) is 5.83. The topological polar surface area (TPSA) is 29.5 Å². The van der Waals surface area contributed by atoms with Crippen LogP contribution in [0.3, 0.4) is 0 Å². The van der Waals surface area contributed by atoms with Crippen LogP contribution in [0.25, 0.3) is 0 Å². The van der Waals surface area contributed by atoms with Crippen molar-refractivity contribution in [3.8, 4) is 5.75 Å². The van der Waals surface area contributed by atoms with Gasteiger partial charge in [0.15, 0.2) is 0 Å². The van der Waals surface area contributed by atoms with Crippen molar-refractivity contribution in [3.63, 3.8) is 0 Å². The average Bonchev–Trinajstić information content (AvgIpc) is 2.09. The number of phenolic OH excluding ortho intramolecular Hbond substituents is 1. The Balaban J connectivity index is 2.42. The molecule has 1 N–H and O–H groups in total. The second-order valence-corrected chi connectivity index (χ2v) is 2.47. The van der Waals surface area contributed by atoms with E-state index in [0.717, 1.165) is 5.56 Å². The minimum Gasteiger partial charge on any atom is -0.508 e. The molecule has 0 heterocycles. The minimum atomic E-state index is 0.280. The lowest BCUT2D eigenvalue weighted by Crippen LogP contribution is -1.91. The van der Waals surface area contributed by atoms with Gasteiger partial charge in [0.1, 0.15) is 5.75 Å². The van der Waals surface area contributed by atoms with Crippen molar-refractivity contribution in [2.45, 2.75) is 6.61 Å². The summed E-state index contributed by atoms with van der Waals surface area (Å²) in [5.74, 6) is 0.280. The first-order valence-electron chi connectivity index (χ1n) is 3.79. The van der Waals surface area contributed by atoms with Crippen molar-refractivity contribution in [1.29, 1.82) is 0 Å².